The molecule has 0 amide bonds. The summed E-state index contributed by atoms with van der Waals surface area (Å²) in [5.74, 6) is 1.01. The number of rotatable bonds is 0. The zero-order valence-corrected chi connectivity index (χ0v) is 10.4. The molecule has 0 saturated heterocycles. The summed E-state index contributed by atoms with van der Waals surface area (Å²) in [7, 11) is 2.04. The van der Waals surface area contributed by atoms with Crippen LogP contribution >= 0.6 is 0 Å². The molecule has 90 valence electrons. The maximum atomic E-state index is 4.77. The number of allylic oxidation sites excluding steroid dienone is 1. The molecule has 0 unspecified atom stereocenters. The Morgan fingerprint density at radius 2 is 2.11 bits per heavy atom. The lowest BCUT2D eigenvalue weighted by Gasteiger charge is -2.22. The standard InChI is InChI=1S/C14H14N4/c1-9-7-17(2)14-16-12-10-5-3-4-6-11(10)15-13(12)18(14)8-9/h3-7,15H,8H2,1-2H3. The van der Waals surface area contributed by atoms with E-state index in [1.807, 2.05) is 13.1 Å². The van der Waals surface area contributed by atoms with Crippen LogP contribution < -0.4 is 4.90 Å². The Bertz CT molecular complexity index is 791. The first kappa shape index (κ1) is 9.76. The molecule has 3 aromatic rings. The Hall–Kier alpha value is -2.23. The summed E-state index contributed by atoms with van der Waals surface area (Å²) in [6.07, 6.45) is 2.14. The summed E-state index contributed by atoms with van der Waals surface area (Å²) >= 11 is 0. The average molecular weight is 238 g/mol. The molecule has 0 saturated carbocycles. The van der Waals surface area contributed by atoms with E-state index in [9.17, 15) is 0 Å². The number of imidazole rings is 1. The van der Waals surface area contributed by atoms with Crippen molar-refractivity contribution in [3.05, 3.63) is 36.0 Å². The van der Waals surface area contributed by atoms with Crippen LogP contribution in [0.5, 0.6) is 0 Å². The number of fused-ring (bicyclic) bond motifs is 5. The summed E-state index contributed by atoms with van der Waals surface area (Å²) in [6.45, 7) is 3.05. The Kier molecular flexibility index (Phi) is 1.71. The van der Waals surface area contributed by atoms with Crippen LogP contribution in [-0.2, 0) is 6.54 Å². The van der Waals surface area contributed by atoms with Gasteiger partial charge >= 0.3 is 0 Å². The molecule has 18 heavy (non-hydrogen) atoms. The molecule has 3 heterocycles. The van der Waals surface area contributed by atoms with Crippen molar-refractivity contribution in [3.63, 3.8) is 0 Å². The third kappa shape index (κ3) is 1.12. The maximum Gasteiger partial charge on any atom is 0.211 e. The Balaban J connectivity index is 2.10. The van der Waals surface area contributed by atoms with Gasteiger partial charge in [-0.1, -0.05) is 18.2 Å². The summed E-state index contributed by atoms with van der Waals surface area (Å²) in [5.41, 5.74) is 4.67. The van der Waals surface area contributed by atoms with Gasteiger partial charge in [-0.25, -0.2) is 4.98 Å². The van der Waals surface area contributed by atoms with Crippen molar-refractivity contribution >= 4 is 28.0 Å². The molecule has 0 spiro atoms. The third-order valence-corrected chi connectivity index (χ3v) is 3.52. The second-order valence-corrected chi connectivity index (χ2v) is 4.95. The molecule has 1 aromatic carbocycles. The summed E-state index contributed by atoms with van der Waals surface area (Å²) in [5, 5.41) is 1.19. The molecule has 1 aliphatic rings. The molecule has 0 fully saturated rings. The zero-order valence-electron chi connectivity index (χ0n) is 10.4. The van der Waals surface area contributed by atoms with E-state index < -0.39 is 0 Å². The van der Waals surface area contributed by atoms with Gasteiger partial charge < -0.3 is 9.88 Å². The fourth-order valence-electron chi connectivity index (χ4n) is 2.78. The largest absolute Gasteiger partial charge is 0.339 e. The van der Waals surface area contributed by atoms with Gasteiger partial charge in [0.2, 0.25) is 5.95 Å². The van der Waals surface area contributed by atoms with E-state index in [0.717, 1.165) is 29.2 Å². The van der Waals surface area contributed by atoms with Gasteiger partial charge in [-0.2, -0.15) is 0 Å². The monoisotopic (exact) mass is 238 g/mol. The molecule has 1 N–H and O–H groups in total. The van der Waals surface area contributed by atoms with Crippen LogP contribution in [0.15, 0.2) is 36.0 Å². The lowest BCUT2D eigenvalue weighted by atomic mass is 10.2. The molecule has 4 heteroatoms. The molecule has 0 atom stereocenters. The summed E-state index contributed by atoms with van der Waals surface area (Å²) in [4.78, 5) is 10.3. The van der Waals surface area contributed by atoms with E-state index in [2.05, 4.69) is 45.8 Å². The van der Waals surface area contributed by atoms with Crippen LogP contribution in [0.2, 0.25) is 0 Å². The lowest BCUT2D eigenvalue weighted by molar-refractivity contribution is 0.754. The third-order valence-electron chi connectivity index (χ3n) is 3.52. The van der Waals surface area contributed by atoms with Gasteiger partial charge in [-0.05, 0) is 18.6 Å². The minimum Gasteiger partial charge on any atom is -0.339 e. The number of anilines is 1. The number of hydrogen-bond acceptors (Lipinski definition) is 2. The highest BCUT2D eigenvalue weighted by molar-refractivity contribution is 6.04. The number of nitrogens with zero attached hydrogens (tertiary/aromatic N) is 3. The lowest BCUT2D eigenvalue weighted by Crippen LogP contribution is -2.21. The second-order valence-electron chi connectivity index (χ2n) is 4.95. The van der Waals surface area contributed by atoms with Crippen LogP contribution in [-0.4, -0.2) is 21.6 Å². The van der Waals surface area contributed by atoms with Gasteiger partial charge in [0.05, 0.1) is 0 Å². The van der Waals surface area contributed by atoms with E-state index in [1.165, 1.54) is 11.0 Å². The van der Waals surface area contributed by atoms with E-state index >= 15 is 0 Å². The Morgan fingerprint density at radius 1 is 1.28 bits per heavy atom. The predicted molar refractivity (Wildman–Crippen MR) is 73.7 cm³/mol. The quantitative estimate of drug-likeness (QED) is 0.654. The number of benzene rings is 1. The number of H-pyrrole nitrogens is 1. The number of nitrogens with one attached hydrogen (secondary N) is 1. The first-order chi connectivity index (χ1) is 8.74. The van der Waals surface area contributed by atoms with E-state index in [1.54, 1.807) is 0 Å². The van der Waals surface area contributed by atoms with Crippen molar-refractivity contribution in [2.75, 3.05) is 11.9 Å². The van der Waals surface area contributed by atoms with Crippen LogP contribution in [0.25, 0.3) is 22.1 Å². The Labute approximate surface area is 105 Å². The van der Waals surface area contributed by atoms with E-state index in [4.69, 9.17) is 4.98 Å². The van der Waals surface area contributed by atoms with Crippen molar-refractivity contribution in [1.82, 2.24) is 14.5 Å². The molecule has 0 bridgehead atoms. The van der Waals surface area contributed by atoms with Gasteiger partial charge in [0.15, 0.2) is 0 Å². The SMILES string of the molecule is CC1=CN(C)c2nc3c4ccccc4[nH]c3n2C1. The van der Waals surface area contributed by atoms with Crippen molar-refractivity contribution in [1.29, 1.82) is 0 Å². The highest BCUT2D eigenvalue weighted by Crippen LogP contribution is 2.31. The molecule has 0 radical (unpaired) electrons. The first-order valence-corrected chi connectivity index (χ1v) is 6.11. The molecule has 4 nitrogen and oxygen atoms in total. The van der Waals surface area contributed by atoms with Gasteiger partial charge in [0.25, 0.3) is 0 Å². The van der Waals surface area contributed by atoms with Crippen LogP contribution in [0.1, 0.15) is 6.92 Å². The van der Waals surface area contributed by atoms with Gasteiger partial charge in [-0.3, -0.25) is 4.57 Å². The maximum absolute atomic E-state index is 4.77. The molecule has 2 aromatic heterocycles. The normalized spacial score (nSPS) is 15.2. The van der Waals surface area contributed by atoms with E-state index in [0.29, 0.717) is 0 Å². The topological polar surface area (TPSA) is 36.9 Å². The number of aromatic nitrogens is 3. The zero-order chi connectivity index (χ0) is 12.3. The average Bonchev–Trinajstić information content (AvgIpc) is 2.86. The van der Waals surface area contributed by atoms with Crippen molar-refractivity contribution < 1.29 is 0 Å². The first-order valence-electron chi connectivity index (χ1n) is 6.11. The molecule has 1 aliphatic heterocycles. The van der Waals surface area contributed by atoms with Crippen molar-refractivity contribution in [3.8, 4) is 0 Å². The molecule has 4 rings (SSSR count). The van der Waals surface area contributed by atoms with Crippen LogP contribution in [0.3, 0.4) is 0 Å². The van der Waals surface area contributed by atoms with Crippen LogP contribution in [0.4, 0.5) is 5.95 Å². The highest BCUT2D eigenvalue weighted by atomic mass is 15.3. The fraction of sp³-hybridized carbons (Fsp3) is 0.214. The number of aromatic amines is 1. The molecule has 0 aliphatic carbocycles. The highest BCUT2D eigenvalue weighted by Gasteiger charge is 2.20. The van der Waals surface area contributed by atoms with Gasteiger partial charge in [0, 0.05) is 30.7 Å². The predicted octanol–water partition coefficient (Wildman–Crippen LogP) is 2.87. The summed E-state index contributed by atoms with van der Waals surface area (Å²) in [6, 6.07) is 8.32. The smallest absolute Gasteiger partial charge is 0.211 e. The summed E-state index contributed by atoms with van der Waals surface area (Å²) < 4.78 is 2.24. The number of hydrogen-bond donors (Lipinski definition) is 1. The molecular weight excluding hydrogens is 224 g/mol. The van der Waals surface area contributed by atoms with E-state index in [-0.39, 0.29) is 0 Å². The van der Waals surface area contributed by atoms with Crippen molar-refractivity contribution in [2.24, 2.45) is 0 Å². The number of para-hydroxylation sites is 1. The minimum atomic E-state index is 0.906. The fourth-order valence-corrected chi connectivity index (χ4v) is 2.78. The molecular formula is C14H14N4. The minimum absolute atomic E-state index is 0.906. The van der Waals surface area contributed by atoms with Gasteiger partial charge in [0.1, 0.15) is 11.2 Å². The second kappa shape index (κ2) is 3.16. The van der Waals surface area contributed by atoms with Crippen LogP contribution in [0, 0.1) is 0 Å². The van der Waals surface area contributed by atoms with Gasteiger partial charge in [-0.15, -0.1) is 0 Å². The Morgan fingerprint density at radius 3 is 3.00 bits per heavy atom. The van der Waals surface area contributed by atoms with Crippen molar-refractivity contribution in [2.45, 2.75) is 13.5 Å².